The number of likely N-dealkylation sites (N-methyl/N-ethyl adjacent to an activating group) is 1. The molecular weight excluding hydrogens is 324 g/mol. The van der Waals surface area contributed by atoms with E-state index in [0.29, 0.717) is 20.7 Å². The summed E-state index contributed by atoms with van der Waals surface area (Å²) in [6, 6.07) is 7.16. The number of carbonyl (C=O) groups excluding carboxylic acids is 1. The summed E-state index contributed by atoms with van der Waals surface area (Å²) in [7, 11) is 0. The molecule has 7 heteroatoms. The van der Waals surface area contributed by atoms with Crippen molar-refractivity contribution in [3.05, 3.63) is 45.7 Å². The topological polar surface area (TPSA) is 59.1 Å². The Morgan fingerprint density at radius 2 is 2.12 bits per heavy atom. The number of nitrogens with zero attached hydrogens (tertiary/aromatic N) is 3. The van der Waals surface area contributed by atoms with E-state index in [0.717, 1.165) is 32.7 Å². The van der Waals surface area contributed by atoms with E-state index in [4.69, 9.17) is 0 Å². The van der Waals surface area contributed by atoms with E-state index in [9.17, 15) is 9.59 Å². The Labute approximate surface area is 142 Å². The lowest BCUT2D eigenvalue weighted by atomic mass is 10.2. The van der Waals surface area contributed by atoms with Crippen molar-refractivity contribution in [2.75, 3.05) is 32.7 Å². The molecule has 0 unspecified atom stereocenters. The smallest absolute Gasteiger partial charge is 0.266 e. The standard InChI is InChI=1S/C17H18N4O2S/c1-2-19-7-9-20(10-8-19)17(23)13-11-12-15(24-13)18-14-5-3-4-6-21(14)16(12)22/h3-6,11H,2,7-10H2,1H3/p+1. The van der Waals surface area contributed by atoms with E-state index >= 15 is 0 Å². The van der Waals surface area contributed by atoms with Crippen molar-refractivity contribution in [1.82, 2.24) is 14.3 Å². The molecule has 0 spiro atoms. The van der Waals surface area contributed by atoms with Gasteiger partial charge in [0.05, 0.1) is 43.0 Å². The van der Waals surface area contributed by atoms with Crippen LogP contribution in [0.5, 0.6) is 0 Å². The maximum Gasteiger partial charge on any atom is 0.266 e. The fourth-order valence-corrected chi connectivity index (χ4v) is 4.19. The molecule has 0 bridgehead atoms. The summed E-state index contributed by atoms with van der Waals surface area (Å²) in [4.78, 5) is 34.5. The first kappa shape index (κ1) is 15.3. The number of hydrogen-bond donors (Lipinski definition) is 1. The molecule has 1 aliphatic heterocycles. The van der Waals surface area contributed by atoms with Gasteiger partial charge in [-0.15, -0.1) is 11.3 Å². The number of pyridine rings is 1. The van der Waals surface area contributed by atoms with Gasteiger partial charge in [-0.2, -0.15) is 0 Å². The van der Waals surface area contributed by atoms with E-state index in [-0.39, 0.29) is 11.5 Å². The summed E-state index contributed by atoms with van der Waals surface area (Å²) in [6.45, 7) is 6.77. The largest absolute Gasteiger partial charge is 0.332 e. The van der Waals surface area contributed by atoms with Gasteiger partial charge in [-0.25, -0.2) is 4.98 Å². The van der Waals surface area contributed by atoms with Crippen LogP contribution in [0.25, 0.3) is 15.9 Å². The van der Waals surface area contributed by atoms with Crippen LogP contribution in [0, 0.1) is 0 Å². The highest BCUT2D eigenvalue weighted by atomic mass is 32.1. The van der Waals surface area contributed by atoms with Crippen molar-refractivity contribution in [1.29, 1.82) is 0 Å². The lowest BCUT2D eigenvalue weighted by Gasteiger charge is -2.31. The lowest BCUT2D eigenvalue weighted by Crippen LogP contribution is -3.14. The molecule has 1 fully saturated rings. The molecule has 3 aromatic heterocycles. The van der Waals surface area contributed by atoms with Gasteiger partial charge in [-0.3, -0.25) is 14.0 Å². The molecule has 124 valence electrons. The predicted molar refractivity (Wildman–Crippen MR) is 94.0 cm³/mol. The highest BCUT2D eigenvalue weighted by Gasteiger charge is 2.25. The van der Waals surface area contributed by atoms with Gasteiger partial charge in [0.2, 0.25) is 0 Å². The predicted octanol–water partition coefficient (Wildman–Crippen LogP) is 0.270. The molecule has 1 N–H and O–H groups in total. The molecule has 0 aliphatic carbocycles. The van der Waals surface area contributed by atoms with Gasteiger partial charge >= 0.3 is 0 Å². The van der Waals surface area contributed by atoms with Crippen molar-refractivity contribution >= 4 is 33.1 Å². The van der Waals surface area contributed by atoms with Crippen LogP contribution in [-0.4, -0.2) is 52.9 Å². The van der Waals surface area contributed by atoms with Gasteiger partial charge in [-0.1, -0.05) is 6.07 Å². The van der Waals surface area contributed by atoms with Crippen LogP contribution in [0.3, 0.4) is 0 Å². The number of quaternary nitrogens is 1. The molecule has 1 amide bonds. The Morgan fingerprint density at radius 1 is 1.33 bits per heavy atom. The van der Waals surface area contributed by atoms with Crippen LogP contribution in [0.1, 0.15) is 16.6 Å². The van der Waals surface area contributed by atoms with Crippen LogP contribution in [0.4, 0.5) is 0 Å². The summed E-state index contributed by atoms with van der Waals surface area (Å²) in [5.41, 5.74) is 0.488. The van der Waals surface area contributed by atoms with Crippen LogP contribution in [-0.2, 0) is 0 Å². The number of hydrogen-bond acceptors (Lipinski definition) is 4. The number of thiophene rings is 1. The number of nitrogens with one attached hydrogen (secondary N) is 1. The van der Waals surface area contributed by atoms with Crippen molar-refractivity contribution < 1.29 is 9.69 Å². The Morgan fingerprint density at radius 3 is 2.88 bits per heavy atom. The van der Waals surface area contributed by atoms with E-state index < -0.39 is 0 Å². The summed E-state index contributed by atoms with van der Waals surface area (Å²) in [5, 5.41) is 0.518. The minimum atomic E-state index is -0.119. The van der Waals surface area contributed by atoms with Crippen molar-refractivity contribution in [2.45, 2.75) is 6.92 Å². The highest BCUT2D eigenvalue weighted by Crippen LogP contribution is 2.23. The van der Waals surface area contributed by atoms with Crippen LogP contribution in [0.2, 0.25) is 0 Å². The summed E-state index contributed by atoms with van der Waals surface area (Å²) < 4.78 is 1.52. The quantitative estimate of drug-likeness (QED) is 0.727. The molecule has 6 nitrogen and oxygen atoms in total. The summed E-state index contributed by atoms with van der Waals surface area (Å²) in [5.74, 6) is 0.0154. The molecule has 1 aliphatic rings. The third-order valence-electron chi connectivity index (χ3n) is 4.68. The van der Waals surface area contributed by atoms with Gasteiger partial charge in [0.1, 0.15) is 10.5 Å². The third kappa shape index (κ3) is 2.50. The van der Waals surface area contributed by atoms with Gasteiger partial charge < -0.3 is 9.80 Å². The molecule has 4 rings (SSSR count). The fourth-order valence-electron chi connectivity index (χ4n) is 3.19. The number of piperazine rings is 1. The molecule has 24 heavy (non-hydrogen) atoms. The molecule has 0 atom stereocenters. The Bertz CT molecular complexity index is 970. The third-order valence-corrected chi connectivity index (χ3v) is 5.70. The second kappa shape index (κ2) is 5.99. The van der Waals surface area contributed by atoms with Gasteiger partial charge in [-0.05, 0) is 25.1 Å². The molecule has 4 heterocycles. The van der Waals surface area contributed by atoms with E-state index in [2.05, 4.69) is 11.9 Å². The number of aromatic nitrogens is 2. The Kier molecular flexibility index (Phi) is 3.82. The second-order valence-electron chi connectivity index (χ2n) is 6.07. The Hall–Kier alpha value is -2.25. The molecule has 0 radical (unpaired) electrons. The number of amides is 1. The van der Waals surface area contributed by atoms with Crippen molar-refractivity contribution in [2.24, 2.45) is 0 Å². The molecule has 0 saturated carbocycles. The zero-order valence-corrected chi connectivity index (χ0v) is 14.3. The van der Waals surface area contributed by atoms with Crippen molar-refractivity contribution in [3.63, 3.8) is 0 Å². The average molecular weight is 343 g/mol. The minimum Gasteiger partial charge on any atom is -0.332 e. The first-order chi connectivity index (χ1) is 11.7. The number of carbonyl (C=O) groups is 1. The zero-order valence-electron chi connectivity index (χ0n) is 13.5. The van der Waals surface area contributed by atoms with Crippen LogP contribution < -0.4 is 10.5 Å². The number of fused-ring (bicyclic) bond motifs is 2. The maximum atomic E-state index is 12.8. The summed E-state index contributed by atoms with van der Waals surface area (Å²) in [6.07, 6.45) is 1.70. The average Bonchev–Trinajstić information content (AvgIpc) is 3.06. The summed E-state index contributed by atoms with van der Waals surface area (Å²) >= 11 is 1.31. The lowest BCUT2D eigenvalue weighted by molar-refractivity contribution is -0.902. The molecule has 1 saturated heterocycles. The monoisotopic (exact) mass is 343 g/mol. The number of rotatable bonds is 2. The second-order valence-corrected chi connectivity index (χ2v) is 7.10. The molecule has 0 aromatic carbocycles. The highest BCUT2D eigenvalue weighted by molar-refractivity contribution is 7.20. The van der Waals surface area contributed by atoms with Gasteiger partial charge in [0.15, 0.2) is 0 Å². The van der Waals surface area contributed by atoms with E-state index in [1.807, 2.05) is 11.0 Å². The van der Waals surface area contributed by atoms with Gasteiger partial charge in [0.25, 0.3) is 11.5 Å². The maximum absolute atomic E-state index is 12.8. The normalized spacial score (nSPS) is 16.1. The fraction of sp³-hybridized carbons (Fsp3) is 0.353. The van der Waals surface area contributed by atoms with Gasteiger partial charge in [0, 0.05) is 6.20 Å². The molecule has 3 aromatic rings. The van der Waals surface area contributed by atoms with Crippen molar-refractivity contribution in [3.8, 4) is 0 Å². The van der Waals surface area contributed by atoms with E-state index in [1.165, 1.54) is 20.6 Å². The zero-order chi connectivity index (χ0) is 16.7. The molecular formula is C17H19N4O2S+. The minimum absolute atomic E-state index is 0.0154. The SMILES string of the molecule is CC[NH+]1CCN(C(=O)c2cc3c(=O)n4ccccc4nc3s2)CC1. The van der Waals surface area contributed by atoms with Crippen LogP contribution >= 0.6 is 11.3 Å². The first-order valence-electron chi connectivity index (χ1n) is 8.21. The van der Waals surface area contributed by atoms with Crippen LogP contribution in [0.15, 0.2) is 35.3 Å². The first-order valence-corrected chi connectivity index (χ1v) is 9.03. The Balaban J connectivity index is 1.70. The van der Waals surface area contributed by atoms with E-state index in [1.54, 1.807) is 24.4 Å².